The van der Waals surface area contributed by atoms with Gasteiger partial charge in [-0.1, -0.05) is 13.3 Å². The number of aliphatic carboxylic acids is 1. The Labute approximate surface area is 114 Å². The summed E-state index contributed by atoms with van der Waals surface area (Å²) in [6, 6.07) is -0.330. The van der Waals surface area contributed by atoms with Crippen LogP contribution in [0.25, 0.3) is 0 Å². The Morgan fingerprint density at radius 2 is 1.84 bits per heavy atom. The molecule has 2 rings (SSSR count). The summed E-state index contributed by atoms with van der Waals surface area (Å²) in [6.45, 7) is 2.79. The molecule has 0 aromatic heterocycles. The number of carbonyl (C=O) groups excluding carboxylic acids is 1. The Balaban J connectivity index is 1.85. The number of carbonyl (C=O) groups is 2. The number of amides is 2. The van der Waals surface area contributed by atoms with Gasteiger partial charge in [0.05, 0.1) is 0 Å². The third-order valence-corrected chi connectivity index (χ3v) is 4.67. The number of rotatable bonds is 4. The van der Waals surface area contributed by atoms with Crippen LogP contribution in [-0.4, -0.2) is 29.2 Å². The Morgan fingerprint density at radius 1 is 1.21 bits per heavy atom. The molecule has 0 heterocycles. The predicted octanol–water partition coefficient (Wildman–Crippen LogP) is 2.12. The van der Waals surface area contributed by atoms with Gasteiger partial charge < -0.3 is 15.7 Å². The zero-order valence-electron chi connectivity index (χ0n) is 11.6. The lowest BCUT2D eigenvalue weighted by molar-refractivity contribution is -0.146. The van der Waals surface area contributed by atoms with Gasteiger partial charge in [-0.3, -0.25) is 0 Å². The van der Waals surface area contributed by atoms with Gasteiger partial charge >= 0.3 is 12.0 Å². The third kappa shape index (κ3) is 3.39. The highest BCUT2D eigenvalue weighted by molar-refractivity contribution is 5.86. The minimum Gasteiger partial charge on any atom is -0.480 e. The second-order valence-electron chi connectivity index (χ2n) is 6.20. The predicted molar refractivity (Wildman–Crippen MR) is 71.9 cm³/mol. The molecule has 3 N–H and O–H groups in total. The summed E-state index contributed by atoms with van der Waals surface area (Å²) < 4.78 is 0. The molecule has 0 atom stereocenters. The molecule has 2 saturated carbocycles. The molecule has 0 radical (unpaired) electrons. The number of hydrogen-bond donors (Lipinski definition) is 3. The lowest BCUT2D eigenvalue weighted by atomic mass is 9.77. The van der Waals surface area contributed by atoms with E-state index in [1.54, 1.807) is 0 Å². The Kier molecular flexibility index (Phi) is 4.32. The van der Waals surface area contributed by atoms with Crippen molar-refractivity contribution < 1.29 is 14.7 Å². The summed E-state index contributed by atoms with van der Waals surface area (Å²) in [5.74, 6) is 0.225. The average Bonchev–Trinajstić information content (AvgIpc) is 2.30. The monoisotopic (exact) mass is 268 g/mol. The quantitative estimate of drug-likeness (QED) is 0.730. The largest absolute Gasteiger partial charge is 0.480 e. The number of carboxylic acid groups (broad SMARTS) is 1. The fourth-order valence-electron chi connectivity index (χ4n) is 2.84. The molecule has 108 valence electrons. The van der Waals surface area contributed by atoms with Crippen molar-refractivity contribution in [3.05, 3.63) is 0 Å². The van der Waals surface area contributed by atoms with Crippen LogP contribution >= 0.6 is 0 Å². The third-order valence-electron chi connectivity index (χ3n) is 4.67. The van der Waals surface area contributed by atoms with Crippen LogP contribution in [0.4, 0.5) is 4.79 Å². The van der Waals surface area contributed by atoms with E-state index in [-0.39, 0.29) is 6.03 Å². The van der Waals surface area contributed by atoms with Crippen LogP contribution in [0.15, 0.2) is 0 Å². The summed E-state index contributed by atoms with van der Waals surface area (Å²) in [7, 11) is 0. The van der Waals surface area contributed by atoms with Crippen molar-refractivity contribution in [2.75, 3.05) is 6.54 Å². The van der Waals surface area contributed by atoms with Gasteiger partial charge in [-0.2, -0.15) is 0 Å². The lowest BCUT2D eigenvalue weighted by Crippen LogP contribution is -2.59. The van der Waals surface area contributed by atoms with E-state index in [1.165, 1.54) is 19.3 Å². The average molecular weight is 268 g/mol. The van der Waals surface area contributed by atoms with E-state index >= 15 is 0 Å². The molecule has 2 fully saturated rings. The van der Waals surface area contributed by atoms with Crippen LogP contribution in [-0.2, 0) is 4.79 Å². The van der Waals surface area contributed by atoms with Crippen molar-refractivity contribution in [1.82, 2.24) is 10.6 Å². The molecule has 2 aliphatic rings. The molecule has 5 heteroatoms. The highest BCUT2D eigenvalue weighted by Gasteiger charge is 2.42. The van der Waals surface area contributed by atoms with Gasteiger partial charge in [0.1, 0.15) is 5.54 Å². The maximum atomic E-state index is 11.9. The SMILES string of the molecule is CC1CCC(NC(=O)NCC2CCC2)(C(=O)O)CC1. The van der Waals surface area contributed by atoms with Crippen LogP contribution in [0.3, 0.4) is 0 Å². The fourth-order valence-corrected chi connectivity index (χ4v) is 2.84. The fraction of sp³-hybridized carbons (Fsp3) is 0.857. The van der Waals surface area contributed by atoms with E-state index in [0.29, 0.717) is 31.2 Å². The van der Waals surface area contributed by atoms with E-state index in [1.807, 2.05) is 0 Å². The van der Waals surface area contributed by atoms with E-state index in [2.05, 4.69) is 17.6 Å². The first-order valence-electron chi connectivity index (χ1n) is 7.31. The summed E-state index contributed by atoms with van der Waals surface area (Å²) in [5, 5.41) is 14.9. The molecule has 2 amide bonds. The van der Waals surface area contributed by atoms with Crippen molar-refractivity contribution in [2.24, 2.45) is 11.8 Å². The van der Waals surface area contributed by atoms with Crippen molar-refractivity contribution in [1.29, 1.82) is 0 Å². The zero-order valence-corrected chi connectivity index (χ0v) is 11.6. The van der Waals surface area contributed by atoms with Gasteiger partial charge in [0.25, 0.3) is 0 Å². The van der Waals surface area contributed by atoms with E-state index in [0.717, 1.165) is 12.8 Å². The molecule has 0 aliphatic heterocycles. The standard InChI is InChI=1S/C14H24N2O3/c1-10-5-7-14(8-6-10,12(17)18)16-13(19)15-9-11-3-2-4-11/h10-11H,2-9H2,1H3,(H,17,18)(H2,15,16,19). The molecular weight excluding hydrogens is 244 g/mol. The summed E-state index contributed by atoms with van der Waals surface area (Å²) in [4.78, 5) is 23.3. The van der Waals surface area contributed by atoms with Gasteiger partial charge in [-0.15, -0.1) is 0 Å². The van der Waals surface area contributed by atoms with Crippen LogP contribution in [0, 0.1) is 11.8 Å². The maximum absolute atomic E-state index is 11.9. The number of carboxylic acids is 1. The Hall–Kier alpha value is -1.26. The second kappa shape index (κ2) is 5.80. The number of hydrogen-bond acceptors (Lipinski definition) is 2. The molecule has 0 unspecified atom stereocenters. The minimum atomic E-state index is -1.06. The smallest absolute Gasteiger partial charge is 0.329 e. The molecule has 0 spiro atoms. The minimum absolute atomic E-state index is 0.330. The van der Waals surface area contributed by atoms with Gasteiger partial charge in [0, 0.05) is 6.54 Å². The first-order chi connectivity index (χ1) is 9.02. The van der Waals surface area contributed by atoms with Crippen molar-refractivity contribution in [2.45, 2.75) is 57.4 Å². The maximum Gasteiger partial charge on any atom is 0.329 e. The molecule has 5 nitrogen and oxygen atoms in total. The van der Waals surface area contributed by atoms with Crippen LogP contribution in [0.1, 0.15) is 51.9 Å². The van der Waals surface area contributed by atoms with Gasteiger partial charge in [0.2, 0.25) is 0 Å². The zero-order chi connectivity index (χ0) is 13.9. The van der Waals surface area contributed by atoms with Crippen molar-refractivity contribution in [3.8, 4) is 0 Å². The Bertz CT molecular complexity index is 345. The summed E-state index contributed by atoms with van der Waals surface area (Å²) in [6.07, 6.45) is 6.35. The summed E-state index contributed by atoms with van der Waals surface area (Å²) >= 11 is 0. The Morgan fingerprint density at radius 3 is 2.32 bits per heavy atom. The van der Waals surface area contributed by atoms with Crippen molar-refractivity contribution in [3.63, 3.8) is 0 Å². The molecule has 19 heavy (non-hydrogen) atoms. The van der Waals surface area contributed by atoms with E-state index < -0.39 is 11.5 Å². The van der Waals surface area contributed by atoms with Crippen LogP contribution in [0.5, 0.6) is 0 Å². The number of nitrogens with one attached hydrogen (secondary N) is 2. The van der Waals surface area contributed by atoms with Crippen molar-refractivity contribution >= 4 is 12.0 Å². The topological polar surface area (TPSA) is 78.4 Å². The number of urea groups is 1. The van der Waals surface area contributed by atoms with Gasteiger partial charge in [-0.05, 0) is 50.4 Å². The molecule has 0 saturated heterocycles. The van der Waals surface area contributed by atoms with Gasteiger partial charge in [0.15, 0.2) is 0 Å². The molecule has 2 aliphatic carbocycles. The summed E-state index contributed by atoms with van der Waals surface area (Å²) in [5.41, 5.74) is -1.06. The van der Waals surface area contributed by atoms with E-state index in [9.17, 15) is 14.7 Å². The lowest BCUT2D eigenvalue weighted by Gasteiger charge is -2.36. The first kappa shape index (κ1) is 14.2. The van der Waals surface area contributed by atoms with Gasteiger partial charge in [-0.25, -0.2) is 9.59 Å². The van der Waals surface area contributed by atoms with E-state index in [4.69, 9.17) is 0 Å². The van der Waals surface area contributed by atoms with Crippen LogP contribution < -0.4 is 10.6 Å². The highest BCUT2D eigenvalue weighted by atomic mass is 16.4. The highest BCUT2D eigenvalue weighted by Crippen LogP contribution is 2.32. The second-order valence-corrected chi connectivity index (χ2v) is 6.20. The molecular formula is C14H24N2O3. The molecule has 0 aromatic carbocycles. The molecule has 0 bridgehead atoms. The molecule has 0 aromatic rings. The first-order valence-corrected chi connectivity index (χ1v) is 7.31. The normalized spacial score (nSPS) is 31.3. The van der Waals surface area contributed by atoms with Crippen LogP contribution in [0.2, 0.25) is 0 Å².